The number of fused-ring (bicyclic) bond motifs is 3. The molecule has 3 heterocycles. The second-order valence-corrected chi connectivity index (χ2v) is 14.0. The van der Waals surface area contributed by atoms with Crippen molar-refractivity contribution >= 4 is 34.9 Å². The lowest BCUT2D eigenvalue weighted by Crippen LogP contribution is -2.36. The molecule has 1 aromatic heterocycles. The van der Waals surface area contributed by atoms with E-state index in [9.17, 15) is 17.7 Å². The molecule has 8 nitrogen and oxygen atoms in total. The molecule has 4 aromatic rings. The minimum atomic E-state index is -4.53. The van der Waals surface area contributed by atoms with Gasteiger partial charge in [0.05, 0.1) is 16.9 Å². The Balaban J connectivity index is 1.35. The maximum atomic E-state index is 14.5. The number of nitrogen functional groups attached to an aromatic ring is 1. The van der Waals surface area contributed by atoms with Crippen LogP contribution >= 0.6 is 7.14 Å². The Morgan fingerprint density at radius 3 is 2.48 bits per heavy atom. The molecular formula is C30H31F3N5O3P. The molecule has 0 unspecified atom stereocenters. The monoisotopic (exact) mass is 597 g/mol. The number of aromatic nitrogens is 2. The Labute approximate surface area is 241 Å². The molecule has 220 valence electrons. The average Bonchev–Trinajstić information content (AvgIpc) is 3.44. The number of nitrogens with two attached hydrogens (primary N) is 1. The van der Waals surface area contributed by atoms with Gasteiger partial charge in [-0.15, -0.1) is 0 Å². The maximum Gasteiger partial charge on any atom is 0.416 e. The smallest absolute Gasteiger partial charge is 0.416 e. The SMILES string of the molecule is Cc1nc(N[C@H](C)c2cc(N)cc(C(F)(F)F)c2)c2cc(P3(=O)CCN(Cc4ccccc4)CC3)c3c(c2n1)OCO3. The van der Waals surface area contributed by atoms with Crippen LogP contribution in [0.3, 0.4) is 0 Å². The van der Waals surface area contributed by atoms with Crippen LogP contribution in [0.5, 0.6) is 11.5 Å². The molecule has 42 heavy (non-hydrogen) atoms. The van der Waals surface area contributed by atoms with Gasteiger partial charge < -0.3 is 25.1 Å². The largest absolute Gasteiger partial charge is 0.453 e. The molecule has 6 rings (SSSR count). The molecule has 3 N–H and O–H groups in total. The minimum Gasteiger partial charge on any atom is -0.453 e. The minimum absolute atomic E-state index is 0.0135. The first kappa shape index (κ1) is 28.3. The summed E-state index contributed by atoms with van der Waals surface area (Å²) in [4.78, 5) is 11.5. The number of ether oxygens (including phenoxy) is 2. The summed E-state index contributed by atoms with van der Waals surface area (Å²) >= 11 is 0. The lowest BCUT2D eigenvalue weighted by atomic mass is 10.0. The third-order valence-electron chi connectivity index (χ3n) is 7.80. The number of nitrogens with zero attached hydrogens (tertiary/aromatic N) is 3. The molecule has 0 aliphatic carbocycles. The van der Waals surface area contributed by atoms with Crippen molar-refractivity contribution in [2.45, 2.75) is 32.6 Å². The molecule has 1 saturated heterocycles. The summed E-state index contributed by atoms with van der Waals surface area (Å²) in [5, 5.41) is 4.40. The number of rotatable bonds is 6. The van der Waals surface area contributed by atoms with Gasteiger partial charge in [-0.3, -0.25) is 4.90 Å². The summed E-state index contributed by atoms with van der Waals surface area (Å²) in [5.74, 6) is 1.70. The number of hydrogen-bond acceptors (Lipinski definition) is 8. The van der Waals surface area contributed by atoms with Crippen LogP contribution in [0.15, 0.2) is 54.6 Å². The van der Waals surface area contributed by atoms with E-state index in [1.165, 1.54) is 11.6 Å². The first-order valence-corrected chi connectivity index (χ1v) is 15.8. The van der Waals surface area contributed by atoms with E-state index in [0.717, 1.165) is 18.7 Å². The van der Waals surface area contributed by atoms with Gasteiger partial charge in [-0.1, -0.05) is 30.3 Å². The van der Waals surface area contributed by atoms with Crippen molar-refractivity contribution in [1.29, 1.82) is 0 Å². The zero-order valence-electron chi connectivity index (χ0n) is 23.2. The molecule has 0 spiro atoms. The fraction of sp³-hybridized carbons (Fsp3) is 0.333. The number of alkyl halides is 3. The predicted octanol–water partition coefficient (Wildman–Crippen LogP) is 5.95. The molecule has 0 bridgehead atoms. The van der Waals surface area contributed by atoms with E-state index in [2.05, 4.69) is 32.3 Å². The number of anilines is 2. The highest BCUT2D eigenvalue weighted by atomic mass is 31.2. The van der Waals surface area contributed by atoms with E-state index >= 15 is 0 Å². The summed E-state index contributed by atoms with van der Waals surface area (Å²) in [7, 11) is -2.88. The average molecular weight is 598 g/mol. The van der Waals surface area contributed by atoms with E-state index in [0.29, 0.717) is 70.3 Å². The molecule has 1 fully saturated rings. The summed E-state index contributed by atoms with van der Waals surface area (Å²) in [5.41, 5.74) is 7.06. The fourth-order valence-corrected chi connectivity index (χ4v) is 8.42. The Hall–Kier alpha value is -3.82. The van der Waals surface area contributed by atoms with Gasteiger partial charge in [0.2, 0.25) is 6.79 Å². The molecule has 0 radical (unpaired) electrons. The number of hydrogen-bond donors (Lipinski definition) is 2. The quantitative estimate of drug-likeness (QED) is 0.208. The van der Waals surface area contributed by atoms with Gasteiger partial charge in [-0.25, -0.2) is 9.97 Å². The number of nitrogens with one attached hydrogen (secondary N) is 1. The summed E-state index contributed by atoms with van der Waals surface area (Å²) in [6.45, 7) is 5.56. The standard InChI is InChI=1S/C30H31F3N5O3P/c1-18(21-12-22(30(31,32)33)14-23(34)13-21)35-29-24-15-25(27-28(41-17-40-27)26(24)36-19(2)37-29)42(39)10-8-38(9-11-42)16-20-6-4-3-5-7-20/h3-7,12-15,18H,8-11,16-17,34H2,1-2H3,(H,35,36,37)/t18-/m1/s1. The van der Waals surface area contributed by atoms with E-state index in [-0.39, 0.29) is 12.5 Å². The Morgan fingerprint density at radius 1 is 1.05 bits per heavy atom. The third kappa shape index (κ3) is 5.51. The number of aryl methyl sites for hydroxylation is 1. The van der Waals surface area contributed by atoms with Gasteiger partial charge in [0, 0.05) is 43.0 Å². The maximum absolute atomic E-state index is 14.5. The van der Waals surface area contributed by atoms with Crippen molar-refractivity contribution < 1.29 is 27.2 Å². The van der Waals surface area contributed by atoms with E-state index < -0.39 is 24.9 Å². The highest BCUT2D eigenvalue weighted by Gasteiger charge is 2.38. The van der Waals surface area contributed by atoms with E-state index in [4.69, 9.17) is 15.2 Å². The van der Waals surface area contributed by atoms with Gasteiger partial charge >= 0.3 is 6.18 Å². The van der Waals surface area contributed by atoms with Crippen LogP contribution < -0.4 is 25.8 Å². The summed E-state index contributed by atoms with van der Waals surface area (Å²) in [6, 6.07) is 14.9. The van der Waals surface area contributed by atoms with Crippen molar-refractivity contribution in [1.82, 2.24) is 14.9 Å². The Kier molecular flexibility index (Phi) is 7.27. The van der Waals surface area contributed by atoms with Crippen molar-refractivity contribution in [3.63, 3.8) is 0 Å². The van der Waals surface area contributed by atoms with Crippen LogP contribution in [0.25, 0.3) is 10.9 Å². The number of benzene rings is 3. The van der Waals surface area contributed by atoms with Gasteiger partial charge in [-0.2, -0.15) is 13.2 Å². The van der Waals surface area contributed by atoms with Crippen LogP contribution in [0.1, 0.15) is 35.5 Å². The van der Waals surface area contributed by atoms with Crippen LogP contribution in [0.4, 0.5) is 24.7 Å². The fourth-order valence-electron chi connectivity index (χ4n) is 5.60. The second-order valence-electron chi connectivity index (χ2n) is 10.8. The first-order chi connectivity index (χ1) is 20.0. The molecule has 0 saturated carbocycles. The molecule has 0 amide bonds. The highest BCUT2D eigenvalue weighted by Crippen LogP contribution is 2.53. The van der Waals surface area contributed by atoms with Gasteiger partial charge in [0.1, 0.15) is 24.3 Å². The topological polar surface area (TPSA) is 103 Å². The summed E-state index contributed by atoms with van der Waals surface area (Å²) < 4.78 is 66.6. The van der Waals surface area contributed by atoms with Crippen LogP contribution in [-0.2, 0) is 17.3 Å². The van der Waals surface area contributed by atoms with Crippen molar-refractivity contribution in [2.24, 2.45) is 0 Å². The predicted molar refractivity (Wildman–Crippen MR) is 157 cm³/mol. The first-order valence-electron chi connectivity index (χ1n) is 13.7. The van der Waals surface area contributed by atoms with E-state index in [1.807, 2.05) is 24.3 Å². The van der Waals surface area contributed by atoms with Crippen LogP contribution in [-0.4, -0.2) is 47.1 Å². The van der Waals surface area contributed by atoms with Gasteiger partial charge in [-0.05, 0) is 49.2 Å². The second kappa shape index (κ2) is 10.8. The molecule has 12 heteroatoms. The lowest BCUT2D eigenvalue weighted by Gasteiger charge is -2.33. The number of halogens is 3. The molecular weight excluding hydrogens is 566 g/mol. The van der Waals surface area contributed by atoms with Crippen LogP contribution in [0.2, 0.25) is 0 Å². The normalized spacial score (nSPS) is 17.4. The molecule has 2 aliphatic heterocycles. The Morgan fingerprint density at radius 2 is 1.76 bits per heavy atom. The molecule has 1 atom stereocenters. The summed E-state index contributed by atoms with van der Waals surface area (Å²) in [6.07, 6.45) is -3.56. The Bertz CT molecular complexity index is 1690. The third-order valence-corrected chi connectivity index (χ3v) is 10.9. The highest BCUT2D eigenvalue weighted by molar-refractivity contribution is 7.72. The molecule has 3 aromatic carbocycles. The molecule has 2 aliphatic rings. The zero-order chi connectivity index (χ0) is 29.6. The van der Waals surface area contributed by atoms with Crippen molar-refractivity contribution in [3.8, 4) is 11.5 Å². The van der Waals surface area contributed by atoms with Crippen molar-refractivity contribution in [3.05, 3.63) is 77.1 Å². The lowest BCUT2D eigenvalue weighted by molar-refractivity contribution is -0.137. The van der Waals surface area contributed by atoms with Crippen molar-refractivity contribution in [2.75, 3.05) is 43.3 Å². The van der Waals surface area contributed by atoms with Crippen LogP contribution in [0, 0.1) is 6.92 Å². The van der Waals surface area contributed by atoms with Gasteiger partial charge in [0.15, 0.2) is 11.5 Å². The van der Waals surface area contributed by atoms with Gasteiger partial charge in [0.25, 0.3) is 0 Å². The zero-order valence-corrected chi connectivity index (χ0v) is 24.1. The van der Waals surface area contributed by atoms with E-state index in [1.54, 1.807) is 13.8 Å².